The molecule has 7 nitrogen and oxygen atoms in total. The molecule has 1 atom stereocenters. The van der Waals surface area contributed by atoms with Gasteiger partial charge < -0.3 is 20.1 Å². The Bertz CT molecular complexity index is 192. The van der Waals surface area contributed by atoms with Crippen molar-refractivity contribution in [3.05, 3.63) is 10.4 Å². The van der Waals surface area contributed by atoms with Gasteiger partial charge in [0.15, 0.2) is 5.72 Å². The van der Waals surface area contributed by atoms with Gasteiger partial charge in [0.2, 0.25) is 0 Å². The summed E-state index contributed by atoms with van der Waals surface area (Å²) >= 11 is 0. The monoisotopic (exact) mass is 187 g/mol. The van der Waals surface area contributed by atoms with Crippen molar-refractivity contribution < 1.29 is 20.1 Å². The molecular weight excluding hydrogens is 177 g/mol. The van der Waals surface area contributed by atoms with Crippen LogP contribution in [-0.2, 0) is 4.74 Å². The molecule has 0 fully saturated rings. The van der Waals surface area contributed by atoms with Gasteiger partial charge in [0.1, 0.15) is 7.85 Å². The first-order valence-corrected chi connectivity index (χ1v) is 3.46. The van der Waals surface area contributed by atoms with Crippen LogP contribution in [0.25, 0.3) is 10.4 Å². The smallest absolute Gasteiger partial charge is 0.192 e. The molecule has 0 unspecified atom stereocenters. The highest BCUT2D eigenvalue weighted by molar-refractivity contribution is 6.11. The van der Waals surface area contributed by atoms with Gasteiger partial charge in [-0.15, -0.1) is 0 Å². The summed E-state index contributed by atoms with van der Waals surface area (Å²) in [6, 6.07) is -1.12. The van der Waals surface area contributed by atoms with Crippen molar-refractivity contribution in [3.63, 3.8) is 0 Å². The van der Waals surface area contributed by atoms with Crippen LogP contribution in [0.3, 0.4) is 0 Å². The molecule has 0 saturated carbocycles. The Balaban J connectivity index is 4.46. The third-order valence-corrected chi connectivity index (χ3v) is 1.27. The maximum absolute atomic E-state index is 8.76. The quantitative estimate of drug-likeness (QED) is 0.202. The van der Waals surface area contributed by atoms with E-state index in [2.05, 4.69) is 10.0 Å². The molecule has 0 aliphatic rings. The predicted molar refractivity (Wildman–Crippen MR) is 43.8 cm³/mol. The molecule has 72 valence electrons. The van der Waals surface area contributed by atoms with Crippen LogP contribution in [0.2, 0.25) is 0 Å². The SMILES string of the molecule is [B][C@@H](CO)OC(CO)(CO)N=[N+]=[N-]. The molecule has 0 aromatic rings. The summed E-state index contributed by atoms with van der Waals surface area (Å²) in [6.45, 7) is -1.95. The summed E-state index contributed by atoms with van der Waals surface area (Å²) < 4.78 is 4.73. The van der Waals surface area contributed by atoms with Crippen LogP contribution in [0, 0.1) is 0 Å². The summed E-state index contributed by atoms with van der Waals surface area (Å²) in [4.78, 5) is 2.38. The zero-order valence-corrected chi connectivity index (χ0v) is 6.87. The normalized spacial score (nSPS) is 13.5. The van der Waals surface area contributed by atoms with Crippen molar-refractivity contribution in [2.24, 2.45) is 5.11 Å². The van der Waals surface area contributed by atoms with E-state index in [-0.39, 0.29) is 0 Å². The first-order chi connectivity index (χ1) is 6.14. The Kier molecular flexibility index (Phi) is 5.44. The number of ether oxygens (including phenoxy) is 1. The third kappa shape index (κ3) is 3.62. The van der Waals surface area contributed by atoms with Gasteiger partial charge in [0.25, 0.3) is 0 Å². The highest BCUT2D eigenvalue weighted by atomic mass is 16.5. The minimum absolute atomic E-state index is 0.511. The van der Waals surface area contributed by atoms with Crippen molar-refractivity contribution in [2.75, 3.05) is 19.8 Å². The lowest BCUT2D eigenvalue weighted by atomic mass is 10.0. The summed E-state index contributed by atoms with van der Waals surface area (Å²) in [5.74, 6) is 0. The van der Waals surface area contributed by atoms with Crippen LogP contribution in [0.1, 0.15) is 0 Å². The molecule has 0 bridgehead atoms. The van der Waals surface area contributed by atoms with Gasteiger partial charge in [-0.25, -0.2) is 0 Å². The van der Waals surface area contributed by atoms with Crippen molar-refractivity contribution in [3.8, 4) is 0 Å². The van der Waals surface area contributed by atoms with Crippen LogP contribution < -0.4 is 0 Å². The molecule has 0 aromatic heterocycles. The van der Waals surface area contributed by atoms with Crippen molar-refractivity contribution in [1.29, 1.82) is 0 Å². The van der Waals surface area contributed by atoms with Crippen LogP contribution in [-0.4, -0.2) is 54.7 Å². The van der Waals surface area contributed by atoms with Crippen LogP contribution in [0.5, 0.6) is 0 Å². The van der Waals surface area contributed by atoms with Gasteiger partial charge in [-0.1, -0.05) is 5.11 Å². The van der Waals surface area contributed by atoms with Crippen LogP contribution >= 0.6 is 0 Å². The van der Waals surface area contributed by atoms with Gasteiger partial charge >= 0.3 is 0 Å². The second kappa shape index (κ2) is 5.79. The molecule has 0 saturated heterocycles. The maximum atomic E-state index is 8.76. The van der Waals surface area contributed by atoms with E-state index in [0.717, 1.165) is 0 Å². The van der Waals surface area contributed by atoms with E-state index >= 15 is 0 Å². The van der Waals surface area contributed by atoms with Gasteiger partial charge in [-0.3, -0.25) is 0 Å². The average molecular weight is 187 g/mol. The number of aliphatic hydroxyl groups is 3. The summed E-state index contributed by atoms with van der Waals surface area (Å²) in [7, 11) is 5.16. The predicted octanol–water partition coefficient (Wildman–Crippen LogP) is -1.52. The van der Waals surface area contributed by atoms with E-state index in [1.807, 2.05) is 0 Å². The zero-order valence-electron chi connectivity index (χ0n) is 6.87. The third-order valence-electron chi connectivity index (χ3n) is 1.27. The standard InChI is InChI=1S/C5H10BN3O4/c6-4(1-10)13-5(2-11,3-12)8-9-7/h4,10-12H,1-3H2/t4-/m1/s1. The van der Waals surface area contributed by atoms with Crippen molar-refractivity contribution >= 4 is 7.85 Å². The number of azide groups is 1. The Morgan fingerprint density at radius 1 is 1.46 bits per heavy atom. The largest absolute Gasteiger partial charge is 0.395 e. The first kappa shape index (κ1) is 12.2. The molecule has 0 aliphatic heterocycles. The topological polar surface area (TPSA) is 119 Å². The fourth-order valence-electron chi connectivity index (χ4n) is 0.612. The van der Waals surface area contributed by atoms with Gasteiger partial charge in [0, 0.05) is 10.9 Å². The second-order valence-electron chi connectivity index (χ2n) is 2.29. The van der Waals surface area contributed by atoms with E-state index in [1.54, 1.807) is 0 Å². The summed E-state index contributed by atoms with van der Waals surface area (Å²) in [6.07, 6.45) is 0. The molecule has 0 spiro atoms. The maximum Gasteiger partial charge on any atom is 0.192 e. The van der Waals surface area contributed by atoms with Crippen LogP contribution in [0.4, 0.5) is 0 Å². The minimum Gasteiger partial charge on any atom is -0.395 e. The lowest BCUT2D eigenvalue weighted by molar-refractivity contribution is -0.125. The molecule has 0 aromatic carbocycles. The van der Waals surface area contributed by atoms with E-state index < -0.39 is 31.5 Å². The van der Waals surface area contributed by atoms with E-state index in [1.165, 1.54) is 0 Å². The zero-order chi connectivity index (χ0) is 10.3. The number of hydrogen-bond acceptors (Lipinski definition) is 5. The molecule has 0 rings (SSSR count). The molecule has 3 N–H and O–H groups in total. The lowest BCUT2D eigenvalue weighted by Gasteiger charge is -2.27. The molecule has 0 heterocycles. The number of rotatable bonds is 6. The summed E-state index contributed by atoms with van der Waals surface area (Å²) in [5, 5.41) is 29.1. The Hall–Kier alpha value is -0.785. The van der Waals surface area contributed by atoms with Gasteiger partial charge in [-0.05, 0) is 5.53 Å². The second-order valence-corrected chi connectivity index (χ2v) is 2.29. The lowest BCUT2D eigenvalue weighted by Crippen LogP contribution is -2.43. The summed E-state index contributed by atoms with van der Waals surface area (Å²) in [5.41, 5.74) is 6.29. The number of nitrogens with zero attached hydrogens (tertiary/aromatic N) is 3. The van der Waals surface area contributed by atoms with Gasteiger partial charge in [-0.2, -0.15) is 0 Å². The minimum atomic E-state index is -1.81. The number of aliphatic hydroxyl groups excluding tert-OH is 3. The molecule has 2 radical (unpaired) electrons. The Morgan fingerprint density at radius 2 is 2.00 bits per heavy atom. The number of hydrogen-bond donors (Lipinski definition) is 3. The molecule has 8 heteroatoms. The van der Waals surface area contributed by atoms with E-state index in [0.29, 0.717) is 0 Å². The van der Waals surface area contributed by atoms with Crippen molar-refractivity contribution in [1.82, 2.24) is 0 Å². The Morgan fingerprint density at radius 3 is 2.31 bits per heavy atom. The Labute approximate surface area is 76.0 Å². The van der Waals surface area contributed by atoms with Crippen LogP contribution in [0.15, 0.2) is 5.11 Å². The highest BCUT2D eigenvalue weighted by Gasteiger charge is 2.30. The van der Waals surface area contributed by atoms with Crippen molar-refractivity contribution in [2.45, 2.75) is 11.7 Å². The molecule has 0 aliphatic carbocycles. The molecule has 13 heavy (non-hydrogen) atoms. The molecular formula is C5H10BN3O4. The van der Waals surface area contributed by atoms with Gasteiger partial charge in [0.05, 0.1) is 19.8 Å². The first-order valence-electron chi connectivity index (χ1n) is 3.46. The fraction of sp³-hybridized carbons (Fsp3) is 1.00. The highest BCUT2D eigenvalue weighted by Crippen LogP contribution is 2.13. The van der Waals surface area contributed by atoms with E-state index in [9.17, 15) is 0 Å². The van der Waals surface area contributed by atoms with E-state index in [4.69, 9.17) is 33.4 Å². The average Bonchev–Trinajstić information content (AvgIpc) is 2.17. The molecule has 0 amide bonds. The fourth-order valence-corrected chi connectivity index (χ4v) is 0.612.